The van der Waals surface area contributed by atoms with Crippen LogP contribution in [0.15, 0.2) is 47.1 Å². The minimum atomic E-state index is -1.08. The Labute approximate surface area is 114 Å². The molecule has 0 aliphatic rings. The number of ether oxygens (including phenoxy) is 1. The summed E-state index contributed by atoms with van der Waals surface area (Å²) in [6.07, 6.45) is 0.243. The first-order valence-electron chi connectivity index (χ1n) is 5.88. The van der Waals surface area contributed by atoms with Gasteiger partial charge in [-0.2, -0.15) is 0 Å². The average Bonchev–Trinajstić information content (AvgIpc) is 2.95. The molecule has 104 valence electrons. The Kier molecular flexibility index (Phi) is 4.14. The van der Waals surface area contributed by atoms with E-state index in [0.29, 0.717) is 0 Å². The van der Waals surface area contributed by atoms with Crippen LogP contribution in [0, 0.1) is 5.82 Å². The van der Waals surface area contributed by atoms with Gasteiger partial charge in [-0.3, -0.25) is 4.79 Å². The lowest BCUT2D eigenvalue weighted by Gasteiger charge is -2.13. The molecule has 1 aromatic carbocycles. The Morgan fingerprint density at radius 1 is 1.25 bits per heavy atom. The lowest BCUT2D eigenvalue weighted by molar-refractivity contribution is -0.123. The van der Waals surface area contributed by atoms with Crippen LogP contribution in [0.25, 0.3) is 0 Å². The monoisotopic (exact) mass is 277 g/mol. The zero-order valence-corrected chi connectivity index (χ0v) is 10.6. The number of hydrogen-bond donors (Lipinski definition) is 1. The summed E-state index contributed by atoms with van der Waals surface area (Å²) in [5.74, 6) is -1.96. The van der Waals surface area contributed by atoms with E-state index in [2.05, 4.69) is 5.32 Å². The lowest BCUT2D eigenvalue weighted by Crippen LogP contribution is -2.30. The SMILES string of the molecule is C[C@@H](OC(=O)c1ccco1)C(=O)Nc1ccccc1F. The minimum absolute atomic E-state index is 0.00413. The van der Waals surface area contributed by atoms with Crippen LogP contribution in [0.5, 0.6) is 0 Å². The van der Waals surface area contributed by atoms with Gasteiger partial charge >= 0.3 is 5.97 Å². The van der Waals surface area contributed by atoms with Crippen molar-refractivity contribution >= 4 is 17.6 Å². The second-order valence-corrected chi connectivity index (χ2v) is 3.99. The molecule has 2 rings (SSSR count). The summed E-state index contributed by atoms with van der Waals surface area (Å²) in [6, 6.07) is 8.66. The van der Waals surface area contributed by atoms with Crippen molar-refractivity contribution in [1.29, 1.82) is 0 Å². The van der Waals surface area contributed by atoms with Crippen molar-refractivity contribution in [2.45, 2.75) is 13.0 Å². The number of esters is 1. The fourth-order valence-electron chi connectivity index (χ4n) is 1.46. The van der Waals surface area contributed by atoms with Crippen LogP contribution in [0.1, 0.15) is 17.5 Å². The molecule has 6 heteroatoms. The fraction of sp³-hybridized carbons (Fsp3) is 0.143. The summed E-state index contributed by atoms with van der Waals surface area (Å²) in [6.45, 7) is 1.39. The average molecular weight is 277 g/mol. The minimum Gasteiger partial charge on any atom is -0.457 e. The Hall–Kier alpha value is -2.63. The molecular formula is C14H12FNO4. The molecule has 5 nitrogen and oxygen atoms in total. The molecule has 0 radical (unpaired) electrons. The first kappa shape index (κ1) is 13.8. The van der Waals surface area contributed by atoms with E-state index in [0.717, 1.165) is 0 Å². The molecule has 0 aliphatic carbocycles. The van der Waals surface area contributed by atoms with Gasteiger partial charge in [0.15, 0.2) is 6.10 Å². The van der Waals surface area contributed by atoms with Gasteiger partial charge in [0.1, 0.15) is 5.82 Å². The fourth-order valence-corrected chi connectivity index (χ4v) is 1.46. The van der Waals surface area contributed by atoms with Gasteiger partial charge in [-0.25, -0.2) is 9.18 Å². The third-order valence-corrected chi connectivity index (χ3v) is 2.51. The largest absolute Gasteiger partial charge is 0.457 e. The Balaban J connectivity index is 1.96. The predicted molar refractivity (Wildman–Crippen MR) is 68.6 cm³/mol. The molecular weight excluding hydrogens is 265 g/mol. The van der Waals surface area contributed by atoms with Crippen LogP contribution >= 0.6 is 0 Å². The van der Waals surface area contributed by atoms with Crippen LogP contribution in [0.4, 0.5) is 10.1 Å². The van der Waals surface area contributed by atoms with Crippen LogP contribution in [-0.4, -0.2) is 18.0 Å². The summed E-state index contributed by atoms with van der Waals surface area (Å²) in [5.41, 5.74) is 0.0263. The van der Waals surface area contributed by atoms with Crippen LogP contribution in [0.3, 0.4) is 0 Å². The van der Waals surface area contributed by atoms with Gasteiger partial charge in [-0.1, -0.05) is 12.1 Å². The number of rotatable bonds is 4. The molecule has 0 fully saturated rings. The van der Waals surface area contributed by atoms with E-state index in [1.54, 1.807) is 6.07 Å². The molecule has 0 aliphatic heterocycles. The number of benzene rings is 1. The Morgan fingerprint density at radius 3 is 2.65 bits per heavy atom. The maximum Gasteiger partial charge on any atom is 0.374 e. The quantitative estimate of drug-likeness (QED) is 0.872. The van der Waals surface area contributed by atoms with Crippen molar-refractivity contribution < 1.29 is 23.1 Å². The van der Waals surface area contributed by atoms with Gasteiger partial charge in [0.05, 0.1) is 12.0 Å². The van der Waals surface area contributed by atoms with Gasteiger partial charge < -0.3 is 14.5 Å². The molecule has 1 N–H and O–H groups in total. The third kappa shape index (κ3) is 3.23. The van der Waals surface area contributed by atoms with Crippen LogP contribution in [0.2, 0.25) is 0 Å². The van der Waals surface area contributed by atoms with E-state index in [9.17, 15) is 14.0 Å². The van der Waals surface area contributed by atoms with Crippen molar-refractivity contribution in [3.63, 3.8) is 0 Å². The summed E-state index contributed by atoms with van der Waals surface area (Å²) in [4.78, 5) is 23.4. The molecule has 1 atom stereocenters. The zero-order chi connectivity index (χ0) is 14.5. The number of amides is 1. The topological polar surface area (TPSA) is 68.5 Å². The number of carbonyl (C=O) groups excluding carboxylic acids is 2. The second-order valence-electron chi connectivity index (χ2n) is 3.99. The van der Waals surface area contributed by atoms with Gasteiger partial charge in [-0.05, 0) is 31.2 Å². The molecule has 0 saturated heterocycles. The number of halogens is 1. The van der Waals surface area contributed by atoms with E-state index in [-0.39, 0.29) is 11.4 Å². The van der Waals surface area contributed by atoms with Gasteiger partial charge in [0, 0.05) is 0 Å². The molecule has 20 heavy (non-hydrogen) atoms. The van der Waals surface area contributed by atoms with Crippen molar-refractivity contribution in [3.05, 3.63) is 54.2 Å². The highest BCUT2D eigenvalue weighted by Gasteiger charge is 2.21. The van der Waals surface area contributed by atoms with Gasteiger partial charge in [0.2, 0.25) is 5.76 Å². The summed E-state index contributed by atoms with van der Waals surface area (Å²) in [5, 5.41) is 2.34. The number of hydrogen-bond acceptors (Lipinski definition) is 4. The van der Waals surface area contributed by atoms with E-state index in [1.165, 1.54) is 43.5 Å². The van der Waals surface area contributed by atoms with E-state index in [1.807, 2.05) is 0 Å². The smallest absolute Gasteiger partial charge is 0.374 e. The molecule has 0 saturated carbocycles. The second kappa shape index (κ2) is 6.01. The highest BCUT2D eigenvalue weighted by Crippen LogP contribution is 2.13. The van der Waals surface area contributed by atoms with Gasteiger partial charge in [-0.15, -0.1) is 0 Å². The molecule has 0 bridgehead atoms. The van der Waals surface area contributed by atoms with E-state index >= 15 is 0 Å². The van der Waals surface area contributed by atoms with Crippen LogP contribution < -0.4 is 5.32 Å². The molecule has 1 aromatic heterocycles. The van der Waals surface area contributed by atoms with Crippen molar-refractivity contribution in [1.82, 2.24) is 0 Å². The molecule has 0 spiro atoms. The normalized spacial score (nSPS) is 11.7. The molecule has 1 heterocycles. The maximum atomic E-state index is 13.4. The number of anilines is 1. The highest BCUT2D eigenvalue weighted by molar-refractivity contribution is 5.96. The van der Waals surface area contributed by atoms with Crippen LogP contribution in [-0.2, 0) is 9.53 Å². The summed E-state index contributed by atoms with van der Waals surface area (Å²) >= 11 is 0. The van der Waals surface area contributed by atoms with Crippen molar-refractivity contribution in [2.75, 3.05) is 5.32 Å². The number of para-hydroxylation sites is 1. The molecule has 1 amide bonds. The number of nitrogens with one attached hydrogen (secondary N) is 1. The van der Waals surface area contributed by atoms with Crippen molar-refractivity contribution in [3.8, 4) is 0 Å². The number of furan rings is 1. The number of carbonyl (C=O) groups is 2. The zero-order valence-electron chi connectivity index (χ0n) is 10.6. The first-order valence-corrected chi connectivity index (χ1v) is 5.88. The van der Waals surface area contributed by atoms with E-state index in [4.69, 9.17) is 9.15 Å². The highest BCUT2D eigenvalue weighted by atomic mass is 19.1. The Bertz CT molecular complexity index is 609. The van der Waals surface area contributed by atoms with E-state index < -0.39 is 23.8 Å². The lowest BCUT2D eigenvalue weighted by atomic mass is 10.3. The summed E-state index contributed by atoms with van der Waals surface area (Å²) < 4.78 is 23.1. The van der Waals surface area contributed by atoms with Crippen molar-refractivity contribution in [2.24, 2.45) is 0 Å². The first-order chi connectivity index (χ1) is 9.58. The molecule has 2 aromatic rings. The Morgan fingerprint density at radius 2 is 2.00 bits per heavy atom. The standard InChI is InChI=1S/C14H12FNO4/c1-9(20-14(18)12-7-4-8-19-12)13(17)16-11-6-3-2-5-10(11)15/h2-9H,1H3,(H,16,17)/t9-/m1/s1. The summed E-state index contributed by atoms with van der Waals surface area (Å²) in [7, 11) is 0. The van der Waals surface area contributed by atoms with Gasteiger partial charge in [0.25, 0.3) is 5.91 Å². The predicted octanol–water partition coefficient (Wildman–Crippen LogP) is 2.60. The maximum absolute atomic E-state index is 13.4. The third-order valence-electron chi connectivity index (χ3n) is 2.51. The molecule has 0 unspecified atom stereocenters.